The molecule has 1 aliphatic rings. The molecule has 0 spiro atoms. The molecule has 0 aromatic heterocycles. The van der Waals surface area contributed by atoms with Crippen LogP contribution in [0.15, 0.2) is 0 Å². The first-order valence-corrected chi connectivity index (χ1v) is 6.50. The van der Waals surface area contributed by atoms with Crippen molar-refractivity contribution < 1.29 is 14.4 Å². The number of carbonyl (C=O) groups is 3. The molecule has 0 aliphatic heterocycles. The van der Waals surface area contributed by atoms with Gasteiger partial charge in [-0.25, -0.2) is 0 Å². The van der Waals surface area contributed by atoms with Crippen LogP contribution >= 0.6 is 0 Å². The fraction of sp³-hybridized carbons (Fsp3) is 0.750. The van der Waals surface area contributed by atoms with Crippen molar-refractivity contribution in [3.8, 4) is 0 Å². The van der Waals surface area contributed by atoms with Crippen molar-refractivity contribution >= 4 is 17.7 Å². The van der Waals surface area contributed by atoms with E-state index in [0.717, 1.165) is 30.6 Å². The lowest BCUT2D eigenvalue weighted by Gasteiger charge is -2.30. The first-order chi connectivity index (χ1) is 8.90. The van der Waals surface area contributed by atoms with E-state index in [2.05, 4.69) is 0 Å². The molecular weight excluding hydrogens is 248 g/mol. The van der Waals surface area contributed by atoms with Crippen molar-refractivity contribution in [2.24, 2.45) is 23.1 Å². The number of nitrogens with two attached hydrogens (primary N) is 3. The zero-order chi connectivity index (χ0) is 14.4. The second kappa shape index (κ2) is 7.08. The minimum atomic E-state index is -0.664. The zero-order valence-electron chi connectivity index (χ0n) is 11.0. The van der Waals surface area contributed by atoms with Crippen LogP contribution in [0.4, 0.5) is 0 Å². The summed E-state index contributed by atoms with van der Waals surface area (Å²) in [6, 6.07) is 0.00158. The lowest BCUT2D eigenvalue weighted by Crippen LogP contribution is -2.45. The minimum absolute atomic E-state index is 0.00158. The van der Waals surface area contributed by atoms with Crippen molar-refractivity contribution in [1.82, 2.24) is 4.90 Å². The molecule has 1 rings (SSSR count). The van der Waals surface area contributed by atoms with Gasteiger partial charge in [0.1, 0.15) is 0 Å². The van der Waals surface area contributed by atoms with E-state index >= 15 is 0 Å². The molecule has 0 aromatic carbocycles. The molecular formula is C12H22N4O3. The molecule has 108 valence electrons. The standard InChI is InChI=1S/C12H22N4O3/c13-9-4-2-1-3-8(9)5-12(19)16(6-10(14)17)7-11(15)18/h8-9H,1-7,13H2,(H2,14,17)(H2,15,18). The van der Waals surface area contributed by atoms with Crippen LogP contribution in [0.25, 0.3) is 0 Å². The van der Waals surface area contributed by atoms with Gasteiger partial charge in [-0.1, -0.05) is 12.8 Å². The molecule has 2 unspecified atom stereocenters. The quantitative estimate of drug-likeness (QED) is 0.552. The molecule has 1 fully saturated rings. The van der Waals surface area contributed by atoms with E-state index in [9.17, 15) is 14.4 Å². The first kappa shape index (κ1) is 15.4. The maximum atomic E-state index is 12.1. The summed E-state index contributed by atoms with van der Waals surface area (Å²) in [5.41, 5.74) is 16.1. The van der Waals surface area contributed by atoms with E-state index in [1.54, 1.807) is 0 Å². The maximum absolute atomic E-state index is 12.1. The predicted octanol–water partition coefficient (Wildman–Crippen LogP) is -1.31. The third kappa shape index (κ3) is 5.25. The summed E-state index contributed by atoms with van der Waals surface area (Å²) >= 11 is 0. The van der Waals surface area contributed by atoms with E-state index in [-0.39, 0.29) is 37.4 Å². The molecule has 0 saturated heterocycles. The molecule has 0 aromatic rings. The highest BCUT2D eigenvalue weighted by molar-refractivity contribution is 5.88. The van der Waals surface area contributed by atoms with Gasteiger partial charge in [0.2, 0.25) is 17.7 Å². The van der Waals surface area contributed by atoms with E-state index in [0.29, 0.717) is 0 Å². The van der Waals surface area contributed by atoms with Gasteiger partial charge in [-0.2, -0.15) is 0 Å². The monoisotopic (exact) mass is 270 g/mol. The molecule has 6 N–H and O–H groups in total. The molecule has 1 aliphatic carbocycles. The van der Waals surface area contributed by atoms with Gasteiger partial charge in [0.15, 0.2) is 0 Å². The Balaban J connectivity index is 2.59. The topological polar surface area (TPSA) is 133 Å². The molecule has 2 atom stereocenters. The van der Waals surface area contributed by atoms with Crippen LogP contribution in [-0.2, 0) is 14.4 Å². The summed E-state index contributed by atoms with van der Waals surface area (Å²) in [6.45, 7) is -0.576. The number of amides is 3. The Morgan fingerprint density at radius 3 is 2.00 bits per heavy atom. The zero-order valence-corrected chi connectivity index (χ0v) is 11.0. The number of hydrogen-bond acceptors (Lipinski definition) is 4. The first-order valence-electron chi connectivity index (χ1n) is 6.50. The van der Waals surface area contributed by atoms with Crippen LogP contribution in [0.5, 0.6) is 0 Å². The lowest BCUT2D eigenvalue weighted by atomic mass is 9.82. The number of hydrogen-bond donors (Lipinski definition) is 3. The molecule has 19 heavy (non-hydrogen) atoms. The van der Waals surface area contributed by atoms with Gasteiger partial charge in [-0.3, -0.25) is 14.4 Å². The second-order valence-corrected chi connectivity index (χ2v) is 5.09. The molecule has 7 nitrogen and oxygen atoms in total. The molecule has 0 bridgehead atoms. The van der Waals surface area contributed by atoms with Gasteiger partial charge in [-0.15, -0.1) is 0 Å². The Morgan fingerprint density at radius 1 is 1.00 bits per heavy atom. The van der Waals surface area contributed by atoms with Crippen LogP contribution in [0.1, 0.15) is 32.1 Å². The molecule has 0 radical (unpaired) electrons. The van der Waals surface area contributed by atoms with Crippen LogP contribution in [0, 0.1) is 5.92 Å². The summed E-state index contributed by atoms with van der Waals surface area (Å²) in [5.74, 6) is -1.52. The molecule has 3 amide bonds. The number of nitrogens with zero attached hydrogens (tertiary/aromatic N) is 1. The molecule has 1 saturated carbocycles. The third-order valence-corrected chi connectivity index (χ3v) is 3.45. The summed E-state index contributed by atoms with van der Waals surface area (Å²) in [6.07, 6.45) is 4.18. The SMILES string of the molecule is NC(=O)CN(CC(N)=O)C(=O)CC1CCCCC1N. The summed E-state index contributed by atoms with van der Waals surface area (Å²) in [5, 5.41) is 0. The smallest absolute Gasteiger partial charge is 0.237 e. The highest BCUT2D eigenvalue weighted by Crippen LogP contribution is 2.26. The summed E-state index contributed by atoms with van der Waals surface area (Å²) < 4.78 is 0. The third-order valence-electron chi connectivity index (χ3n) is 3.45. The Labute approximate surface area is 112 Å². The highest BCUT2D eigenvalue weighted by Gasteiger charge is 2.27. The Kier molecular flexibility index (Phi) is 5.75. The average molecular weight is 270 g/mol. The maximum Gasteiger partial charge on any atom is 0.237 e. The van der Waals surface area contributed by atoms with Gasteiger partial charge >= 0.3 is 0 Å². The fourth-order valence-corrected chi connectivity index (χ4v) is 2.45. The van der Waals surface area contributed by atoms with Crippen LogP contribution in [-0.4, -0.2) is 41.8 Å². The van der Waals surface area contributed by atoms with Gasteiger partial charge in [0, 0.05) is 12.5 Å². The minimum Gasteiger partial charge on any atom is -0.368 e. The fourth-order valence-electron chi connectivity index (χ4n) is 2.45. The van der Waals surface area contributed by atoms with Gasteiger partial charge in [0.25, 0.3) is 0 Å². The van der Waals surface area contributed by atoms with Crippen LogP contribution < -0.4 is 17.2 Å². The summed E-state index contributed by atoms with van der Waals surface area (Å²) in [7, 11) is 0. The number of rotatable bonds is 6. The lowest BCUT2D eigenvalue weighted by molar-refractivity contribution is -0.139. The van der Waals surface area contributed by atoms with Crippen LogP contribution in [0.3, 0.4) is 0 Å². The number of carbonyl (C=O) groups excluding carboxylic acids is 3. The highest BCUT2D eigenvalue weighted by atomic mass is 16.2. The van der Waals surface area contributed by atoms with Gasteiger partial charge < -0.3 is 22.1 Å². The van der Waals surface area contributed by atoms with Crippen molar-refractivity contribution in [3.05, 3.63) is 0 Å². The van der Waals surface area contributed by atoms with Gasteiger partial charge in [-0.05, 0) is 18.8 Å². The Hall–Kier alpha value is -1.63. The van der Waals surface area contributed by atoms with Gasteiger partial charge in [0.05, 0.1) is 13.1 Å². The van der Waals surface area contributed by atoms with E-state index in [1.165, 1.54) is 0 Å². The van der Waals surface area contributed by atoms with Crippen molar-refractivity contribution in [2.45, 2.75) is 38.1 Å². The van der Waals surface area contributed by atoms with E-state index in [4.69, 9.17) is 17.2 Å². The molecule has 0 heterocycles. The van der Waals surface area contributed by atoms with Crippen molar-refractivity contribution in [3.63, 3.8) is 0 Å². The normalized spacial score (nSPS) is 22.8. The largest absolute Gasteiger partial charge is 0.368 e. The second-order valence-electron chi connectivity index (χ2n) is 5.09. The van der Waals surface area contributed by atoms with Crippen molar-refractivity contribution in [2.75, 3.05) is 13.1 Å². The average Bonchev–Trinajstić information content (AvgIpc) is 2.30. The van der Waals surface area contributed by atoms with Crippen molar-refractivity contribution in [1.29, 1.82) is 0 Å². The Morgan fingerprint density at radius 2 is 1.53 bits per heavy atom. The van der Waals surface area contributed by atoms with E-state index in [1.807, 2.05) is 0 Å². The Bertz CT molecular complexity index is 343. The number of primary amides is 2. The van der Waals surface area contributed by atoms with E-state index < -0.39 is 11.8 Å². The summed E-state index contributed by atoms with van der Waals surface area (Å²) in [4.78, 5) is 35.0. The molecule has 7 heteroatoms. The van der Waals surface area contributed by atoms with Crippen LogP contribution in [0.2, 0.25) is 0 Å². The predicted molar refractivity (Wildman–Crippen MR) is 69.5 cm³/mol.